The van der Waals surface area contributed by atoms with Crippen LogP contribution in [0.3, 0.4) is 0 Å². The fourth-order valence-electron chi connectivity index (χ4n) is 3.56. The summed E-state index contributed by atoms with van der Waals surface area (Å²) in [5.74, 6) is -0.116. The fraction of sp³-hybridized carbons (Fsp3) is 0.600. The summed E-state index contributed by atoms with van der Waals surface area (Å²) in [6.07, 6.45) is 10.6. The Balaban J connectivity index is 1.70. The average Bonchev–Trinajstić information content (AvgIpc) is 2.88. The van der Waals surface area contributed by atoms with Gasteiger partial charge in [0.25, 0.3) is 5.91 Å². The molecular weight excluding hydrogens is 240 g/mol. The van der Waals surface area contributed by atoms with Gasteiger partial charge < -0.3 is 9.88 Å². The van der Waals surface area contributed by atoms with E-state index in [1.54, 1.807) is 6.20 Å². The lowest BCUT2D eigenvalue weighted by Crippen LogP contribution is -2.43. The minimum absolute atomic E-state index is 0.116. The highest BCUT2D eigenvalue weighted by Crippen LogP contribution is 2.46. The number of hydrogen-bond acceptors (Lipinski definition) is 2. The quantitative estimate of drug-likeness (QED) is 0.841. The minimum atomic E-state index is -0.190. The zero-order valence-electron chi connectivity index (χ0n) is 11.2. The Morgan fingerprint density at radius 3 is 2.47 bits per heavy atom. The maximum atomic E-state index is 12.3. The van der Waals surface area contributed by atoms with Gasteiger partial charge in [-0.1, -0.05) is 12.8 Å². The number of aromatic amines is 1. The van der Waals surface area contributed by atoms with Crippen molar-refractivity contribution in [3.63, 3.8) is 0 Å². The molecule has 1 aliphatic heterocycles. The molecule has 3 rings (SSSR count). The van der Waals surface area contributed by atoms with Crippen molar-refractivity contribution in [3.8, 4) is 0 Å². The van der Waals surface area contributed by atoms with Gasteiger partial charge in [0.1, 0.15) is 5.56 Å². The van der Waals surface area contributed by atoms with Crippen LogP contribution >= 0.6 is 0 Å². The molecule has 2 heterocycles. The normalized spacial score (nSPS) is 21.8. The number of likely N-dealkylation sites (tertiary alicyclic amines) is 1. The third-order valence-electron chi connectivity index (χ3n) is 4.83. The Morgan fingerprint density at radius 1 is 1.16 bits per heavy atom. The molecule has 0 atom stereocenters. The van der Waals surface area contributed by atoms with Gasteiger partial charge >= 0.3 is 0 Å². The van der Waals surface area contributed by atoms with E-state index in [2.05, 4.69) is 4.98 Å². The van der Waals surface area contributed by atoms with Crippen molar-refractivity contribution in [1.82, 2.24) is 9.88 Å². The van der Waals surface area contributed by atoms with Gasteiger partial charge in [-0.25, -0.2) is 0 Å². The van der Waals surface area contributed by atoms with Crippen LogP contribution in [0.2, 0.25) is 0 Å². The van der Waals surface area contributed by atoms with E-state index in [0.29, 0.717) is 5.41 Å². The Bertz CT molecular complexity index is 519. The van der Waals surface area contributed by atoms with E-state index in [4.69, 9.17) is 0 Å². The van der Waals surface area contributed by atoms with Crippen LogP contribution in [0.4, 0.5) is 0 Å². The fourth-order valence-corrected chi connectivity index (χ4v) is 3.56. The van der Waals surface area contributed by atoms with Gasteiger partial charge in [0.2, 0.25) is 0 Å². The topological polar surface area (TPSA) is 53.2 Å². The number of carbonyl (C=O) groups excluding carboxylic acids is 1. The van der Waals surface area contributed by atoms with Crippen LogP contribution in [0.15, 0.2) is 23.3 Å². The SMILES string of the molecule is O=C(c1c[nH]ccc1=O)N1CCC2(CCCC2)CC1. The van der Waals surface area contributed by atoms with Crippen LogP contribution in [0.1, 0.15) is 48.9 Å². The van der Waals surface area contributed by atoms with Gasteiger partial charge in [-0.2, -0.15) is 0 Å². The second-order valence-electron chi connectivity index (χ2n) is 5.92. The number of rotatable bonds is 1. The van der Waals surface area contributed by atoms with Crippen LogP contribution in [-0.4, -0.2) is 28.9 Å². The molecule has 1 amide bonds. The first-order chi connectivity index (χ1) is 9.20. The zero-order valence-corrected chi connectivity index (χ0v) is 11.2. The first-order valence-electron chi connectivity index (χ1n) is 7.17. The van der Waals surface area contributed by atoms with Crippen LogP contribution in [0.25, 0.3) is 0 Å². The number of hydrogen-bond donors (Lipinski definition) is 1. The van der Waals surface area contributed by atoms with Crippen LogP contribution in [0.5, 0.6) is 0 Å². The summed E-state index contributed by atoms with van der Waals surface area (Å²) in [4.78, 5) is 28.7. The molecule has 4 nitrogen and oxygen atoms in total. The van der Waals surface area contributed by atoms with Crippen molar-refractivity contribution < 1.29 is 4.79 Å². The summed E-state index contributed by atoms with van der Waals surface area (Å²) < 4.78 is 0. The molecule has 2 fully saturated rings. The Morgan fingerprint density at radius 2 is 1.84 bits per heavy atom. The third-order valence-corrected chi connectivity index (χ3v) is 4.83. The highest BCUT2D eigenvalue weighted by atomic mass is 16.2. The number of H-pyrrole nitrogens is 1. The maximum absolute atomic E-state index is 12.3. The summed E-state index contributed by atoms with van der Waals surface area (Å²) >= 11 is 0. The van der Waals surface area contributed by atoms with E-state index in [9.17, 15) is 9.59 Å². The molecule has 0 aromatic carbocycles. The van der Waals surface area contributed by atoms with E-state index >= 15 is 0 Å². The molecule has 4 heteroatoms. The molecule has 0 radical (unpaired) electrons. The summed E-state index contributed by atoms with van der Waals surface area (Å²) in [5.41, 5.74) is 0.578. The third kappa shape index (κ3) is 2.31. The monoisotopic (exact) mass is 260 g/mol. The molecule has 1 aliphatic carbocycles. The summed E-state index contributed by atoms with van der Waals surface area (Å²) in [5, 5.41) is 0. The van der Waals surface area contributed by atoms with E-state index in [0.717, 1.165) is 25.9 Å². The molecule has 102 valence electrons. The number of pyridine rings is 1. The highest BCUT2D eigenvalue weighted by Gasteiger charge is 2.38. The van der Waals surface area contributed by atoms with Crippen LogP contribution in [0, 0.1) is 5.41 Å². The van der Waals surface area contributed by atoms with E-state index in [1.807, 2.05) is 4.90 Å². The predicted molar refractivity (Wildman–Crippen MR) is 73.1 cm³/mol. The van der Waals surface area contributed by atoms with Crippen molar-refractivity contribution >= 4 is 5.91 Å². The second kappa shape index (κ2) is 4.83. The van der Waals surface area contributed by atoms with Crippen molar-refractivity contribution in [3.05, 3.63) is 34.2 Å². The first-order valence-corrected chi connectivity index (χ1v) is 7.17. The molecule has 1 saturated carbocycles. The van der Waals surface area contributed by atoms with Crippen LogP contribution in [-0.2, 0) is 0 Å². The number of piperidine rings is 1. The lowest BCUT2D eigenvalue weighted by atomic mass is 9.77. The average molecular weight is 260 g/mol. The summed E-state index contributed by atoms with van der Waals surface area (Å²) in [6, 6.07) is 1.41. The molecule has 0 unspecified atom stereocenters. The molecule has 0 bridgehead atoms. The zero-order chi connectivity index (χ0) is 13.3. The molecule has 1 aromatic heterocycles. The molecule has 19 heavy (non-hydrogen) atoms. The Kier molecular flexibility index (Phi) is 3.17. The molecule has 2 aliphatic rings. The lowest BCUT2D eigenvalue weighted by molar-refractivity contribution is 0.0586. The van der Waals surface area contributed by atoms with Gasteiger partial charge in [0.15, 0.2) is 5.43 Å². The number of nitrogens with zero attached hydrogens (tertiary/aromatic N) is 1. The molecule has 1 aromatic rings. The van der Waals surface area contributed by atoms with Crippen molar-refractivity contribution in [2.24, 2.45) is 5.41 Å². The van der Waals surface area contributed by atoms with Gasteiger partial charge in [-0.15, -0.1) is 0 Å². The van der Waals surface area contributed by atoms with Gasteiger partial charge in [-0.05, 0) is 31.1 Å². The molecule has 1 saturated heterocycles. The Labute approximate surface area is 112 Å². The number of carbonyl (C=O) groups is 1. The largest absolute Gasteiger partial charge is 0.367 e. The number of nitrogens with one attached hydrogen (secondary N) is 1. The molecule has 1 N–H and O–H groups in total. The molecule has 1 spiro atoms. The second-order valence-corrected chi connectivity index (χ2v) is 5.92. The maximum Gasteiger partial charge on any atom is 0.259 e. The smallest absolute Gasteiger partial charge is 0.259 e. The van der Waals surface area contributed by atoms with E-state index < -0.39 is 0 Å². The van der Waals surface area contributed by atoms with Crippen molar-refractivity contribution in [2.45, 2.75) is 38.5 Å². The van der Waals surface area contributed by atoms with Gasteiger partial charge in [-0.3, -0.25) is 9.59 Å². The lowest BCUT2D eigenvalue weighted by Gasteiger charge is -2.39. The minimum Gasteiger partial charge on any atom is -0.367 e. The summed E-state index contributed by atoms with van der Waals surface area (Å²) in [6.45, 7) is 1.60. The predicted octanol–water partition coefficient (Wildman–Crippen LogP) is 2.17. The van der Waals surface area contributed by atoms with Crippen molar-refractivity contribution in [2.75, 3.05) is 13.1 Å². The van der Waals surface area contributed by atoms with Gasteiger partial charge in [0, 0.05) is 31.5 Å². The summed E-state index contributed by atoms with van der Waals surface area (Å²) in [7, 11) is 0. The Hall–Kier alpha value is -1.58. The number of amides is 1. The standard InChI is InChI=1S/C15H20N2O2/c18-13-3-8-16-11-12(13)14(19)17-9-6-15(7-10-17)4-1-2-5-15/h3,8,11H,1-2,4-7,9-10H2,(H,16,18). The van der Waals surface area contributed by atoms with Crippen LogP contribution < -0.4 is 5.43 Å². The number of aromatic nitrogens is 1. The van der Waals surface area contributed by atoms with E-state index in [1.165, 1.54) is 37.9 Å². The van der Waals surface area contributed by atoms with E-state index in [-0.39, 0.29) is 16.9 Å². The van der Waals surface area contributed by atoms with Gasteiger partial charge in [0.05, 0.1) is 0 Å². The van der Waals surface area contributed by atoms with Crippen molar-refractivity contribution in [1.29, 1.82) is 0 Å². The molecular formula is C15H20N2O2. The first kappa shape index (κ1) is 12.5. The highest BCUT2D eigenvalue weighted by molar-refractivity contribution is 5.93.